The van der Waals surface area contributed by atoms with Crippen LogP contribution >= 0.6 is 0 Å². The average Bonchev–Trinajstić information content (AvgIpc) is 2.94. The van der Waals surface area contributed by atoms with E-state index >= 15 is 0 Å². The van der Waals surface area contributed by atoms with Crippen LogP contribution in [0.5, 0.6) is 0 Å². The number of aryl methyl sites for hydroxylation is 1. The molecule has 0 aliphatic carbocycles. The van der Waals surface area contributed by atoms with Crippen LogP contribution in [0.15, 0.2) is 39.8 Å². The summed E-state index contributed by atoms with van der Waals surface area (Å²) < 4.78 is 49.5. The molecule has 1 aromatic carbocycles. The van der Waals surface area contributed by atoms with Gasteiger partial charge in [0.2, 0.25) is 5.71 Å². The van der Waals surface area contributed by atoms with Crippen LogP contribution in [0.25, 0.3) is 11.1 Å². The van der Waals surface area contributed by atoms with Gasteiger partial charge in [0.15, 0.2) is 0 Å². The van der Waals surface area contributed by atoms with Gasteiger partial charge in [0.05, 0.1) is 18.7 Å². The zero-order chi connectivity index (χ0) is 19.8. The van der Waals surface area contributed by atoms with E-state index in [4.69, 9.17) is 9.15 Å². The largest absolute Gasteiger partial charge is 0.462 e. The third-order valence-electron chi connectivity index (χ3n) is 3.97. The molecule has 2 heterocycles. The highest BCUT2D eigenvalue weighted by molar-refractivity contribution is 6.03. The molecule has 0 unspecified atom stereocenters. The summed E-state index contributed by atoms with van der Waals surface area (Å²) in [6.07, 6.45) is -3.21. The van der Waals surface area contributed by atoms with Crippen molar-refractivity contribution in [1.82, 2.24) is 9.55 Å². The van der Waals surface area contributed by atoms with Crippen molar-refractivity contribution in [3.05, 3.63) is 63.4 Å². The maximum Gasteiger partial charge on any atom is 0.416 e. The van der Waals surface area contributed by atoms with E-state index in [1.165, 1.54) is 30.0 Å². The normalized spacial score (nSPS) is 11.7. The van der Waals surface area contributed by atoms with Gasteiger partial charge < -0.3 is 9.15 Å². The van der Waals surface area contributed by atoms with E-state index in [1.807, 2.05) is 0 Å². The Labute approximate surface area is 151 Å². The molecule has 142 valence electrons. The van der Waals surface area contributed by atoms with Crippen molar-refractivity contribution in [1.29, 1.82) is 0 Å². The quantitative estimate of drug-likeness (QED) is 0.647. The first-order valence-electron chi connectivity index (χ1n) is 8.04. The van der Waals surface area contributed by atoms with Crippen molar-refractivity contribution >= 4 is 17.1 Å². The van der Waals surface area contributed by atoms with Crippen LogP contribution in [0.4, 0.5) is 13.2 Å². The number of carbonyl (C=O) groups is 1. The second-order valence-corrected chi connectivity index (χ2v) is 5.81. The predicted octanol–water partition coefficient (Wildman–Crippen LogP) is 3.54. The maximum atomic E-state index is 12.8. The minimum Gasteiger partial charge on any atom is -0.462 e. The van der Waals surface area contributed by atoms with Crippen LogP contribution in [0.2, 0.25) is 0 Å². The Kier molecular flexibility index (Phi) is 4.77. The monoisotopic (exact) mass is 380 g/mol. The Morgan fingerprint density at radius 2 is 1.93 bits per heavy atom. The van der Waals surface area contributed by atoms with E-state index < -0.39 is 23.3 Å². The Hall–Kier alpha value is -3.10. The van der Waals surface area contributed by atoms with Gasteiger partial charge in [-0.05, 0) is 31.5 Å². The molecule has 0 radical (unpaired) electrons. The van der Waals surface area contributed by atoms with E-state index in [9.17, 15) is 22.8 Å². The molecule has 9 heteroatoms. The smallest absolute Gasteiger partial charge is 0.416 e. The molecule has 27 heavy (non-hydrogen) atoms. The van der Waals surface area contributed by atoms with Crippen molar-refractivity contribution in [3.8, 4) is 0 Å². The lowest BCUT2D eigenvalue weighted by atomic mass is 10.1. The number of alkyl halides is 3. The first kappa shape index (κ1) is 18.7. The molecule has 0 saturated heterocycles. The Bertz CT molecular complexity index is 1050. The Morgan fingerprint density at radius 3 is 2.52 bits per heavy atom. The number of aromatic nitrogens is 2. The van der Waals surface area contributed by atoms with Gasteiger partial charge in [-0.3, -0.25) is 9.36 Å². The molecule has 3 aromatic rings. The molecule has 0 fully saturated rings. The Morgan fingerprint density at radius 1 is 1.26 bits per heavy atom. The lowest BCUT2D eigenvalue weighted by Crippen LogP contribution is -2.22. The molecule has 0 aliphatic heterocycles. The summed E-state index contributed by atoms with van der Waals surface area (Å²) in [6.45, 7) is 3.28. The van der Waals surface area contributed by atoms with E-state index in [-0.39, 0.29) is 35.6 Å². The summed E-state index contributed by atoms with van der Waals surface area (Å²) in [5, 5.41) is -0.0136. The second kappa shape index (κ2) is 6.90. The maximum absolute atomic E-state index is 12.8. The number of benzene rings is 1. The van der Waals surface area contributed by atoms with Crippen LogP contribution in [0.3, 0.4) is 0 Å². The van der Waals surface area contributed by atoms with Crippen LogP contribution in [-0.2, 0) is 17.5 Å². The third kappa shape index (κ3) is 3.57. The number of furan rings is 1. The van der Waals surface area contributed by atoms with Gasteiger partial charge in [-0.25, -0.2) is 9.78 Å². The van der Waals surface area contributed by atoms with Gasteiger partial charge in [0, 0.05) is 0 Å². The number of hydrogen-bond acceptors (Lipinski definition) is 5. The summed E-state index contributed by atoms with van der Waals surface area (Å²) in [4.78, 5) is 28.9. The molecule has 0 spiro atoms. The summed E-state index contributed by atoms with van der Waals surface area (Å²) in [5.74, 6) is -0.486. The molecule has 3 rings (SSSR count). The van der Waals surface area contributed by atoms with Gasteiger partial charge in [0.1, 0.15) is 23.0 Å². The zero-order valence-corrected chi connectivity index (χ0v) is 14.5. The third-order valence-corrected chi connectivity index (χ3v) is 3.97. The molecular weight excluding hydrogens is 365 g/mol. The number of halogens is 3. The number of ether oxygens (including phenoxy) is 1. The summed E-state index contributed by atoms with van der Waals surface area (Å²) in [7, 11) is 0. The standard InChI is InChI=1S/C18H15F3N2O4/c1-3-26-17(25)13-10(2)27-15-14(13)16(24)23(9-22-15)8-11-4-6-12(7-5-11)18(19,20)21/h4-7,9H,3,8H2,1-2H3. The zero-order valence-electron chi connectivity index (χ0n) is 14.5. The van der Waals surface area contributed by atoms with Crippen molar-refractivity contribution < 1.29 is 27.1 Å². The number of nitrogens with zero attached hydrogens (tertiary/aromatic N) is 2. The molecule has 0 atom stereocenters. The molecule has 0 amide bonds. The van der Waals surface area contributed by atoms with Gasteiger partial charge >= 0.3 is 12.1 Å². The first-order valence-corrected chi connectivity index (χ1v) is 8.04. The van der Waals surface area contributed by atoms with E-state index in [0.717, 1.165) is 12.1 Å². The molecule has 0 bridgehead atoms. The molecule has 2 aromatic heterocycles. The molecule has 0 saturated carbocycles. The topological polar surface area (TPSA) is 74.3 Å². The SMILES string of the molecule is CCOC(=O)c1c(C)oc2ncn(Cc3ccc(C(F)(F)F)cc3)c(=O)c12. The van der Waals surface area contributed by atoms with E-state index in [0.29, 0.717) is 5.56 Å². The van der Waals surface area contributed by atoms with Crippen LogP contribution in [-0.4, -0.2) is 22.1 Å². The van der Waals surface area contributed by atoms with Crippen molar-refractivity contribution in [3.63, 3.8) is 0 Å². The first-order chi connectivity index (χ1) is 12.7. The van der Waals surface area contributed by atoms with E-state index in [2.05, 4.69) is 4.98 Å². The lowest BCUT2D eigenvalue weighted by Gasteiger charge is -2.09. The summed E-state index contributed by atoms with van der Waals surface area (Å²) in [5.41, 5.74) is -0.832. The highest BCUT2D eigenvalue weighted by Crippen LogP contribution is 2.29. The van der Waals surface area contributed by atoms with Crippen LogP contribution in [0, 0.1) is 6.92 Å². The number of esters is 1. The fourth-order valence-electron chi connectivity index (χ4n) is 2.70. The average molecular weight is 380 g/mol. The molecule has 6 nitrogen and oxygen atoms in total. The van der Waals surface area contributed by atoms with Crippen LogP contribution in [0.1, 0.15) is 34.2 Å². The summed E-state index contributed by atoms with van der Waals surface area (Å²) in [6, 6.07) is 4.45. The van der Waals surface area contributed by atoms with Crippen molar-refractivity contribution in [2.45, 2.75) is 26.6 Å². The van der Waals surface area contributed by atoms with Gasteiger partial charge in [-0.1, -0.05) is 12.1 Å². The molecule has 0 N–H and O–H groups in total. The minimum absolute atomic E-state index is 0.00391. The number of rotatable bonds is 4. The fourth-order valence-corrected chi connectivity index (χ4v) is 2.70. The van der Waals surface area contributed by atoms with Crippen molar-refractivity contribution in [2.24, 2.45) is 0 Å². The Balaban J connectivity index is 2.01. The van der Waals surface area contributed by atoms with Crippen LogP contribution < -0.4 is 5.56 Å². The van der Waals surface area contributed by atoms with Gasteiger partial charge in [-0.15, -0.1) is 0 Å². The summed E-state index contributed by atoms with van der Waals surface area (Å²) >= 11 is 0. The predicted molar refractivity (Wildman–Crippen MR) is 89.5 cm³/mol. The van der Waals surface area contributed by atoms with Crippen molar-refractivity contribution in [2.75, 3.05) is 6.61 Å². The lowest BCUT2D eigenvalue weighted by molar-refractivity contribution is -0.137. The fraction of sp³-hybridized carbons (Fsp3) is 0.278. The molecule has 0 aliphatic rings. The van der Waals surface area contributed by atoms with Gasteiger partial charge in [0.25, 0.3) is 5.56 Å². The number of hydrogen-bond donors (Lipinski definition) is 0. The highest BCUT2D eigenvalue weighted by atomic mass is 19.4. The van der Waals surface area contributed by atoms with Gasteiger partial charge in [-0.2, -0.15) is 13.2 Å². The van der Waals surface area contributed by atoms with E-state index in [1.54, 1.807) is 6.92 Å². The number of fused-ring (bicyclic) bond motifs is 1. The second-order valence-electron chi connectivity index (χ2n) is 5.81. The highest BCUT2D eigenvalue weighted by Gasteiger charge is 2.30. The minimum atomic E-state index is -4.43. The number of carbonyl (C=O) groups excluding carboxylic acids is 1. The molecular formula is C18H15F3N2O4.